The van der Waals surface area contributed by atoms with Gasteiger partial charge in [0.25, 0.3) is 0 Å². The molecule has 0 bridgehead atoms. The van der Waals surface area contributed by atoms with Crippen molar-refractivity contribution in [3.8, 4) is 0 Å². The van der Waals surface area contributed by atoms with Crippen LogP contribution in [0, 0.1) is 3.95 Å². The van der Waals surface area contributed by atoms with E-state index in [1.807, 2.05) is 7.05 Å². The van der Waals surface area contributed by atoms with E-state index in [9.17, 15) is 0 Å². The molecule has 2 rings (SSSR count). The van der Waals surface area contributed by atoms with E-state index in [1.165, 1.54) is 11.3 Å². The van der Waals surface area contributed by atoms with E-state index in [0.29, 0.717) is 3.95 Å². The fraction of sp³-hybridized carbons (Fsp3) is 0.429. The topological polar surface area (TPSA) is 71.4 Å². The number of aromatic amines is 1. The minimum absolute atomic E-state index is 0.675. The Morgan fingerprint density at radius 1 is 1.67 bits per heavy atom. The van der Waals surface area contributed by atoms with Crippen LogP contribution >= 0.6 is 23.6 Å². The maximum Gasteiger partial charge on any atom is 0.204 e. The van der Waals surface area contributed by atoms with Crippen molar-refractivity contribution >= 4 is 28.7 Å². The van der Waals surface area contributed by atoms with Gasteiger partial charge in [-0.3, -0.25) is 9.78 Å². The quantitative estimate of drug-likeness (QED) is 0.782. The van der Waals surface area contributed by atoms with Crippen LogP contribution in [-0.2, 0) is 13.5 Å². The van der Waals surface area contributed by atoms with Gasteiger partial charge in [-0.05, 0) is 12.2 Å². The number of anilines is 1. The second-order valence-corrected chi connectivity index (χ2v) is 4.60. The van der Waals surface area contributed by atoms with E-state index < -0.39 is 0 Å². The van der Waals surface area contributed by atoms with Crippen LogP contribution in [0.1, 0.15) is 5.82 Å². The van der Waals surface area contributed by atoms with E-state index in [1.54, 1.807) is 11.0 Å². The van der Waals surface area contributed by atoms with Gasteiger partial charge in [0.05, 0.1) is 0 Å². The Bertz CT molecular complexity index is 483. The first-order valence-electron chi connectivity index (χ1n) is 4.38. The molecular weight excluding hydrogens is 232 g/mol. The Balaban J connectivity index is 1.82. The van der Waals surface area contributed by atoms with Crippen LogP contribution in [0.5, 0.6) is 0 Å². The van der Waals surface area contributed by atoms with Gasteiger partial charge in [-0.25, -0.2) is 4.98 Å². The molecule has 8 heteroatoms. The molecule has 0 aliphatic carbocycles. The van der Waals surface area contributed by atoms with Crippen molar-refractivity contribution in [3.05, 3.63) is 16.1 Å². The van der Waals surface area contributed by atoms with Gasteiger partial charge in [0.2, 0.25) is 5.13 Å². The number of rotatable bonds is 4. The number of aromatic nitrogens is 5. The molecule has 0 radical (unpaired) electrons. The van der Waals surface area contributed by atoms with Crippen LogP contribution in [-0.4, -0.2) is 31.5 Å². The second kappa shape index (κ2) is 4.49. The highest BCUT2D eigenvalue weighted by Gasteiger charge is 2.00. The van der Waals surface area contributed by atoms with E-state index in [2.05, 4.69) is 25.6 Å². The molecule has 2 heterocycles. The zero-order valence-corrected chi connectivity index (χ0v) is 9.73. The van der Waals surface area contributed by atoms with Gasteiger partial charge in [-0.15, -0.1) is 5.10 Å². The molecule has 80 valence electrons. The smallest absolute Gasteiger partial charge is 0.204 e. The lowest BCUT2D eigenvalue weighted by Gasteiger charge is -1.97. The number of nitrogens with zero attached hydrogens (tertiary/aromatic N) is 4. The van der Waals surface area contributed by atoms with E-state index >= 15 is 0 Å². The number of H-pyrrole nitrogens is 1. The molecule has 0 atom stereocenters. The Morgan fingerprint density at radius 2 is 2.53 bits per heavy atom. The molecule has 0 fully saturated rings. The number of hydrogen-bond acceptors (Lipinski definition) is 6. The van der Waals surface area contributed by atoms with Gasteiger partial charge >= 0.3 is 0 Å². The monoisotopic (exact) mass is 242 g/mol. The molecule has 2 aromatic heterocycles. The summed E-state index contributed by atoms with van der Waals surface area (Å²) in [4.78, 5) is 4.12. The highest BCUT2D eigenvalue weighted by Crippen LogP contribution is 2.10. The molecule has 6 nitrogen and oxygen atoms in total. The number of aryl methyl sites for hydroxylation is 1. The molecule has 0 saturated carbocycles. The van der Waals surface area contributed by atoms with Crippen molar-refractivity contribution in [2.75, 3.05) is 11.9 Å². The molecule has 0 saturated heterocycles. The van der Waals surface area contributed by atoms with Gasteiger partial charge in [-0.2, -0.15) is 5.10 Å². The van der Waals surface area contributed by atoms with E-state index in [4.69, 9.17) is 12.2 Å². The van der Waals surface area contributed by atoms with Crippen molar-refractivity contribution in [1.82, 2.24) is 25.0 Å². The van der Waals surface area contributed by atoms with Crippen LogP contribution in [0.3, 0.4) is 0 Å². The maximum absolute atomic E-state index is 4.91. The molecule has 0 aliphatic heterocycles. The SMILES string of the molecule is Cn1cnc(CCNc2n[nH]c(=S)s2)n1. The lowest BCUT2D eigenvalue weighted by molar-refractivity contribution is 0.742. The number of nitrogens with one attached hydrogen (secondary N) is 2. The highest BCUT2D eigenvalue weighted by atomic mass is 32.1. The Kier molecular flexibility index (Phi) is 3.07. The average Bonchev–Trinajstić information content (AvgIpc) is 2.76. The van der Waals surface area contributed by atoms with E-state index in [-0.39, 0.29) is 0 Å². The van der Waals surface area contributed by atoms with Crippen molar-refractivity contribution < 1.29 is 0 Å². The Morgan fingerprint density at radius 3 is 3.13 bits per heavy atom. The third kappa shape index (κ3) is 2.83. The number of hydrogen-bond donors (Lipinski definition) is 2. The lowest BCUT2D eigenvalue weighted by Crippen LogP contribution is -2.06. The van der Waals surface area contributed by atoms with Gasteiger partial charge in [0.1, 0.15) is 6.33 Å². The molecule has 0 aromatic carbocycles. The van der Waals surface area contributed by atoms with Crippen molar-refractivity contribution in [2.24, 2.45) is 7.05 Å². The molecule has 0 amide bonds. The zero-order valence-electron chi connectivity index (χ0n) is 8.10. The summed E-state index contributed by atoms with van der Waals surface area (Å²) in [5, 5.41) is 14.8. The van der Waals surface area contributed by atoms with Gasteiger partial charge in [0, 0.05) is 20.0 Å². The summed E-state index contributed by atoms with van der Waals surface area (Å²) in [5.74, 6) is 0.823. The summed E-state index contributed by atoms with van der Waals surface area (Å²) in [6, 6.07) is 0. The predicted molar refractivity (Wildman–Crippen MR) is 60.5 cm³/mol. The van der Waals surface area contributed by atoms with Crippen LogP contribution in [0.4, 0.5) is 5.13 Å². The average molecular weight is 242 g/mol. The van der Waals surface area contributed by atoms with Crippen LogP contribution in [0.25, 0.3) is 0 Å². The van der Waals surface area contributed by atoms with Crippen molar-refractivity contribution in [1.29, 1.82) is 0 Å². The standard InChI is InChI=1S/C7H10N6S2/c1-13-4-9-5(12-13)2-3-8-6-10-11-7(14)15-6/h4H,2-3H2,1H3,(H,8,10)(H,11,14). The maximum atomic E-state index is 4.91. The summed E-state index contributed by atoms with van der Waals surface area (Å²) in [6.45, 7) is 0.750. The normalized spacial score (nSPS) is 10.5. The van der Waals surface area contributed by atoms with Crippen molar-refractivity contribution in [3.63, 3.8) is 0 Å². The highest BCUT2D eigenvalue weighted by molar-refractivity contribution is 7.73. The molecule has 15 heavy (non-hydrogen) atoms. The first-order chi connectivity index (χ1) is 7.24. The fourth-order valence-corrected chi connectivity index (χ4v) is 1.90. The third-order valence-electron chi connectivity index (χ3n) is 1.71. The fourth-order valence-electron chi connectivity index (χ4n) is 1.09. The predicted octanol–water partition coefficient (Wildman–Crippen LogP) is 0.984. The Hall–Kier alpha value is -1.28. The molecular formula is C7H10N6S2. The largest absolute Gasteiger partial charge is 0.360 e. The minimum Gasteiger partial charge on any atom is -0.360 e. The van der Waals surface area contributed by atoms with Gasteiger partial charge < -0.3 is 5.32 Å². The molecule has 0 unspecified atom stereocenters. The summed E-state index contributed by atoms with van der Waals surface area (Å²) in [5.41, 5.74) is 0. The summed E-state index contributed by atoms with van der Waals surface area (Å²) < 4.78 is 2.36. The zero-order chi connectivity index (χ0) is 10.7. The van der Waals surface area contributed by atoms with E-state index in [0.717, 1.165) is 23.9 Å². The van der Waals surface area contributed by atoms with Gasteiger partial charge in [-0.1, -0.05) is 11.3 Å². The lowest BCUT2D eigenvalue weighted by atomic mass is 10.4. The molecule has 0 aliphatic rings. The summed E-state index contributed by atoms with van der Waals surface area (Å²) >= 11 is 6.33. The first-order valence-corrected chi connectivity index (χ1v) is 5.60. The first kappa shape index (κ1) is 10.2. The minimum atomic E-state index is 0.675. The molecule has 2 aromatic rings. The van der Waals surface area contributed by atoms with Crippen molar-refractivity contribution in [2.45, 2.75) is 6.42 Å². The molecule has 2 N–H and O–H groups in total. The van der Waals surface area contributed by atoms with Crippen LogP contribution in [0.15, 0.2) is 6.33 Å². The van der Waals surface area contributed by atoms with Gasteiger partial charge in [0.15, 0.2) is 9.78 Å². The van der Waals surface area contributed by atoms with Crippen LogP contribution in [0.2, 0.25) is 0 Å². The molecule has 0 spiro atoms. The second-order valence-electron chi connectivity index (χ2n) is 2.93. The third-order valence-corrected chi connectivity index (χ3v) is 2.76. The Labute approximate surface area is 95.4 Å². The van der Waals surface area contributed by atoms with Crippen LogP contribution < -0.4 is 5.32 Å². The summed E-state index contributed by atoms with van der Waals surface area (Å²) in [7, 11) is 1.85. The summed E-state index contributed by atoms with van der Waals surface area (Å²) in [6.07, 6.45) is 2.46.